The maximum absolute atomic E-state index is 10.6. The first-order valence-corrected chi connectivity index (χ1v) is 6.37. The van der Waals surface area contributed by atoms with Crippen LogP contribution in [0.25, 0.3) is 6.08 Å². The van der Waals surface area contributed by atoms with E-state index in [9.17, 15) is 4.79 Å². The number of carboxylic acids is 1. The van der Waals surface area contributed by atoms with E-state index in [1.54, 1.807) is 0 Å². The maximum atomic E-state index is 10.6. The van der Waals surface area contributed by atoms with Crippen molar-refractivity contribution in [2.75, 3.05) is 0 Å². The third-order valence-corrected chi connectivity index (χ3v) is 2.79. The minimum Gasteiger partial charge on any atom is -0.480 e. The third-order valence-electron chi connectivity index (χ3n) is 2.79. The van der Waals surface area contributed by atoms with Crippen LogP contribution in [0.5, 0.6) is 0 Å². The minimum atomic E-state index is -0.960. The van der Waals surface area contributed by atoms with Crippen LogP contribution in [-0.2, 0) is 11.2 Å². The number of hydrogen-bond donors (Lipinski definition) is 2. The molecular formula is C15H21NO2. The average Bonchev–Trinajstić information content (AvgIpc) is 2.36. The normalized spacial score (nSPS) is 12.8. The van der Waals surface area contributed by atoms with Gasteiger partial charge < -0.3 is 10.8 Å². The standard InChI is InChI=1S/C15H21NO2/c1-2-3-4-5-6-12-7-9-13(10-8-12)11-14(16)15(17)18/h5-10,14H,2-4,11,16H2,1H3,(H,17,18)/b6-5+/t14-/m0/s1. The summed E-state index contributed by atoms with van der Waals surface area (Å²) in [5, 5.41) is 8.73. The zero-order valence-corrected chi connectivity index (χ0v) is 10.8. The molecule has 0 aromatic heterocycles. The van der Waals surface area contributed by atoms with E-state index < -0.39 is 12.0 Å². The molecule has 3 N–H and O–H groups in total. The van der Waals surface area contributed by atoms with E-state index in [1.165, 1.54) is 12.8 Å². The van der Waals surface area contributed by atoms with E-state index in [4.69, 9.17) is 10.8 Å². The quantitative estimate of drug-likeness (QED) is 0.728. The van der Waals surface area contributed by atoms with Crippen molar-refractivity contribution in [1.82, 2.24) is 0 Å². The molecule has 0 aliphatic rings. The van der Waals surface area contributed by atoms with Gasteiger partial charge in [0.2, 0.25) is 0 Å². The summed E-state index contributed by atoms with van der Waals surface area (Å²) in [7, 11) is 0. The number of aliphatic carboxylic acids is 1. The second-order valence-corrected chi connectivity index (χ2v) is 4.44. The molecule has 1 rings (SSSR count). The molecule has 0 saturated heterocycles. The first-order chi connectivity index (χ1) is 8.63. The van der Waals surface area contributed by atoms with Gasteiger partial charge in [0.25, 0.3) is 0 Å². The van der Waals surface area contributed by atoms with Crippen LogP contribution in [0.2, 0.25) is 0 Å². The Balaban J connectivity index is 2.52. The molecule has 3 nitrogen and oxygen atoms in total. The lowest BCUT2D eigenvalue weighted by molar-refractivity contribution is -0.138. The Morgan fingerprint density at radius 1 is 1.39 bits per heavy atom. The Morgan fingerprint density at radius 3 is 2.61 bits per heavy atom. The number of unbranched alkanes of at least 4 members (excludes halogenated alkanes) is 2. The van der Waals surface area contributed by atoms with Crippen molar-refractivity contribution < 1.29 is 9.90 Å². The molecule has 98 valence electrons. The summed E-state index contributed by atoms with van der Waals surface area (Å²) in [5.41, 5.74) is 7.58. The lowest BCUT2D eigenvalue weighted by atomic mass is 10.0. The molecule has 1 atom stereocenters. The maximum Gasteiger partial charge on any atom is 0.320 e. The highest BCUT2D eigenvalue weighted by Crippen LogP contribution is 2.09. The van der Waals surface area contributed by atoms with E-state index in [2.05, 4.69) is 19.1 Å². The average molecular weight is 247 g/mol. The van der Waals surface area contributed by atoms with E-state index >= 15 is 0 Å². The van der Waals surface area contributed by atoms with Crippen LogP contribution in [-0.4, -0.2) is 17.1 Å². The Kier molecular flexibility index (Phi) is 6.15. The van der Waals surface area contributed by atoms with Crippen LogP contribution >= 0.6 is 0 Å². The van der Waals surface area contributed by atoms with Gasteiger partial charge in [-0.05, 0) is 24.0 Å². The summed E-state index contributed by atoms with van der Waals surface area (Å²) in [5.74, 6) is -0.960. The number of benzene rings is 1. The van der Waals surface area contributed by atoms with Gasteiger partial charge in [-0.25, -0.2) is 0 Å². The fraction of sp³-hybridized carbons (Fsp3) is 0.400. The summed E-state index contributed by atoms with van der Waals surface area (Å²) in [6, 6.07) is 7.03. The van der Waals surface area contributed by atoms with Gasteiger partial charge in [-0.3, -0.25) is 4.79 Å². The molecule has 18 heavy (non-hydrogen) atoms. The van der Waals surface area contributed by atoms with Gasteiger partial charge in [-0.1, -0.05) is 56.2 Å². The molecule has 0 fully saturated rings. The van der Waals surface area contributed by atoms with Gasteiger partial charge in [0.05, 0.1) is 0 Å². The predicted molar refractivity (Wildman–Crippen MR) is 74.3 cm³/mol. The third kappa shape index (κ3) is 5.15. The molecule has 3 heteroatoms. The Labute approximate surface area is 108 Å². The van der Waals surface area contributed by atoms with Crippen molar-refractivity contribution in [3.63, 3.8) is 0 Å². The summed E-state index contributed by atoms with van der Waals surface area (Å²) in [4.78, 5) is 10.6. The van der Waals surface area contributed by atoms with Crippen molar-refractivity contribution in [3.05, 3.63) is 41.5 Å². The highest BCUT2D eigenvalue weighted by Gasteiger charge is 2.11. The van der Waals surface area contributed by atoms with Crippen LogP contribution in [0.15, 0.2) is 30.3 Å². The Bertz CT molecular complexity index is 395. The zero-order chi connectivity index (χ0) is 13.4. The van der Waals surface area contributed by atoms with Crippen molar-refractivity contribution >= 4 is 12.0 Å². The summed E-state index contributed by atoms with van der Waals surface area (Å²) in [6.07, 6.45) is 8.15. The second kappa shape index (κ2) is 7.67. The Hall–Kier alpha value is -1.61. The topological polar surface area (TPSA) is 63.3 Å². The number of carbonyl (C=O) groups is 1. The van der Waals surface area contributed by atoms with Crippen LogP contribution in [0, 0.1) is 0 Å². The zero-order valence-electron chi connectivity index (χ0n) is 10.8. The lowest BCUT2D eigenvalue weighted by Gasteiger charge is -2.06. The van der Waals surface area contributed by atoms with E-state index in [1.807, 2.05) is 24.3 Å². The van der Waals surface area contributed by atoms with E-state index in [-0.39, 0.29) is 0 Å². The Morgan fingerprint density at radius 2 is 2.06 bits per heavy atom. The molecule has 0 bridgehead atoms. The molecule has 1 aromatic carbocycles. The molecule has 0 aliphatic carbocycles. The SMILES string of the molecule is CCCC/C=C/c1ccc(C[C@H](N)C(=O)O)cc1. The highest BCUT2D eigenvalue weighted by molar-refractivity contribution is 5.73. The number of allylic oxidation sites excluding steroid dienone is 1. The number of nitrogens with two attached hydrogens (primary N) is 1. The minimum absolute atomic E-state index is 0.370. The monoisotopic (exact) mass is 247 g/mol. The molecule has 0 saturated carbocycles. The van der Waals surface area contributed by atoms with Crippen LogP contribution in [0.1, 0.15) is 37.3 Å². The smallest absolute Gasteiger partial charge is 0.320 e. The molecule has 0 aliphatic heterocycles. The fourth-order valence-electron chi connectivity index (χ4n) is 1.65. The lowest BCUT2D eigenvalue weighted by Crippen LogP contribution is -2.32. The molecular weight excluding hydrogens is 226 g/mol. The first-order valence-electron chi connectivity index (χ1n) is 6.37. The molecule has 0 unspecified atom stereocenters. The first kappa shape index (κ1) is 14.5. The van der Waals surface area contributed by atoms with E-state index in [0.717, 1.165) is 17.5 Å². The van der Waals surface area contributed by atoms with Gasteiger partial charge in [-0.2, -0.15) is 0 Å². The summed E-state index contributed by atoms with van der Waals surface area (Å²) in [6.45, 7) is 2.17. The number of hydrogen-bond acceptors (Lipinski definition) is 2. The molecule has 1 aromatic rings. The molecule has 0 heterocycles. The fourth-order valence-corrected chi connectivity index (χ4v) is 1.65. The van der Waals surface area contributed by atoms with Crippen molar-refractivity contribution in [2.45, 2.75) is 38.6 Å². The van der Waals surface area contributed by atoms with Crippen molar-refractivity contribution in [2.24, 2.45) is 5.73 Å². The highest BCUT2D eigenvalue weighted by atomic mass is 16.4. The molecule has 0 spiro atoms. The number of carboxylic acid groups (broad SMARTS) is 1. The second-order valence-electron chi connectivity index (χ2n) is 4.44. The largest absolute Gasteiger partial charge is 0.480 e. The van der Waals surface area contributed by atoms with Gasteiger partial charge >= 0.3 is 5.97 Å². The van der Waals surface area contributed by atoms with Gasteiger partial charge in [0, 0.05) is 0 Å². The van der Waals surface area contributed by atoms with Crippen molar-refractivity contribution in [3.8, 4) is 0 Å². The van der Waals surface area contributed by atoms with Crippen LogP contribution in [0.3, 0.4) is 0 Å². The molecule has 0 amide bonds. The van der Waals surface area contributed by atoms with Crippen LogP contribution in [0.4, 0.5) is 0 Å². The van der Waals surface area contributed by atoms with Gasteiger partial charge in [0.1, 0.15) is 6.04 Å². The molecule has 0 radical (unpaired) electrons. The van der Waals surface area contributed by atoms with Crippen molar-refractivity contribution in [1.29, 1.82) is 0 Å². The van der Waals surface area contributed by atoms with Gasteiger partial charge in [-0.15, -0.1) is 0 Å². The number of rotatable bonds is 7. The summed E-state index contributed by atoms with van der Waals surface area (Å²) < 4.78 is 0. The van der Waals surface area contributed by atoms with Gasteiger partial charge in [0.15, 0.2) is 0 Å². The van der Waals surface area contributed by atoms with Crippen LogP contribution < -0.4 is 5.73 Å². The summed E-state index contributed by atoms with van der Waals surface area (Å²) >= 11 is 0. The predicted octanol–water partition coefficient (Wildman–Crippen LogP) is 2.84. The van der Waals surface area contributed by atoms with E-state index in [0.29, 0.717) is 6.42 Å².